The van der Waals surface area contributed by atoms with E-state index in [4.69, 9.17) is 14.2 Å². The first-order valence-corrected chi connectivity index (χ1v) is 26.8. The van der Waals surface area contributed by atoms with Crippen molar-refractivity contribution in [2.75, 3.05) is 45.6 Å². The molecular weight excluding hydrogens is 934 g/mol. The highest BCUT2D eigenvalue weighted by Crippen LogP contribution is 2.50. The maximum atomic E-state index is 15.0. The average Bonchev–Trinajstić information content (AvgIpc) is 4.17. The average molecular weight is 997 g/mol. The van der Waals surface area contributed by atoms with E-state index in [9.17, 15) is 49.2 Å². The van der Waals surface area contributed by atoms with E-state index >= 15 is 0 Å². The second kappa shape index (κ2) is 19.6. The van der Waals surface area contributed by atoms with Crippen molar-refractivity contribution < 1.29 is 63.4 Å². The fourth-order valence-electron chi connectivity index (χ4n) is 9.25. The molecule has 68 heavy (non-hydrogen) atoms. The molecule has 0 radical (unpaired) electrons. The Balaban J connectivity index is 1.16. The van der Waals surface area contributed by atoms with Gasteiger partial charge in [-0.05, 0) is 94.7 Å². The van der Waals surface area contributed by atoms with Gasteiger partial charge in [-0.1, -0.05) is 45.8 Å². The van der Waals surface area contributed by atoms with Crippen molar-refractivity contribution in [2.24, 2.45) is 17.8 Å². The third kappa shape index (κ3) is 11.3. The zero-order valence-corrected chi connectivity index (χ0v) is 40.8. The monoisotopic (exact) mass is 996 g/mol. The number of aryl methyl sites for hydroxylation is 1. The normalized spacial score (nSPS) is 25.0. The minimum Gasteiger partial charge on any atom is -0.493 e. The number of nitrogens with one attached hydrogen (secondary N) is 3. The van der Waals surface area contributed by atoms with Crippen molar-refractivity contribution in [2.45, 2.75) is 133 Å². The number of alkyl carbamates (subject to hydrolysis) is 1. The third-order valence-corrected chi connectivity index (χ3v) is 17.3. The van der Waals surface area contributed by atoms with Crippen LogP contribution >= 0.6 is 0 Å². The Kier molecular flexibility index (Phi) is 14.7. The lowest BCUT2D eigenvalue weighted by Crippen LogP contribution is -2.57. The van der Waals surface area contributed by atoms with Crippen molar-refractivity contribution in [3.05, 3.63) is 41.6 Å². The number of sulfonamides is 2. The second-order valence-corrected chi connectivity index (χ2v) is 24.0. The molecule has 1 aromatic carbocycles. The zero-order chi connectivity index (χ0) is 49.5. The molecule has 2 saturated heterocycles. The van der Waals surface area contributed by atoms with Crippen LogP contribution < -0.4 is 24.8 Å². The van der Waals surface area contributed by atoms with Crippen LogP contribution in [0.1, 0.15) is 110 Å². The zero-order valence-electron chi connectivity index (χ0n) is 39.2. The quantitative estimate of drug-likeness (QED) is 0.127. The lowest BCUT2D eigenvalue weighted by molar-refractivity contribution is -0.144. The molecule has 2 saturated carbocycles. The number of unbranched alkanes of at least 4 members (excludes halogenated alkanes) is 3. The number of benzene rings is 1. The standard InChI is InChI=1S/C46H63F3N6O11S2/c1-6-7-8-9-10-11-31-23-45(31,41(58)53-68(62,63)43(4)18-19-43)52-40(57)36-24-44(28-55(36)37(56)25-50-42(59)65-26-29(2)3)17-14-33-34-22-32(64-27-30-15-20-54(21-16-30)67(5,60)61)12-13-35(34)51-39(38(33)66-44)46(47,48)49/h10-13,22,29-31,36H,6-9,14-21,23-28H2,1-5H3,(H,50,59)(H,52,57)(H,53,58)/b11-10-/t31-,36+,44-,45-/m1/s1. The number of fused-ring (bicyclic) bond motifs is 3. The molecule has 2 aliphatic carbocycles. The SMILES string of the molecule is CCCCC/C=C\[C@@H]1C[C@]1(NC(=O)[C@@H]1C[C@]2(CCc3c(c(C(F)(F)F)nc4ccc(OCC5CCN(S(C)(=O)=O)CC5)cc34)O2)CN1C(=O)CNC(=O)OCC(C)C)C(=O)NS(=O)(=O)C1(C)CC1. The number of rotatable bonds is 18. The van der Waals surface area contributed by atoms with Gasteiger partial charge in [0.25, 0.3) is 5.91 Å². The van der Waals surface area contributed by atoms with Gasteiger partial charge in [-0.15, -0.1) is 0 Å². The summed E-state index contributed by atoms with van der Waals surface area (Å²) in [4.78, 5) is 60.4. The van der Waals surface area contributed by atoms with Gasteiger partial charge in [-0.25, -0.2) is 30.9 Å². The summed E-state index contributed by atoms with van der Waals surface area (Å²) >= 11 is 0. The molecule has 22 heteroatoms. The summed E-state index contributed by atoms with van der Waals surface area (Å²) in [6.45, 7) is 7.22. The number of nitrogens with zero attached hydrogens (tertiary/aromatic N) is 3. The van der Waals surface area contributed by atoms with Gasteiger partial charge in [0.05, 0.1) is 36.3 Å². The molecule has 4 atom stereocenters. The molecule has 3 N–H and O–H groups in total. The van der Waals surface area contributed by atoms with E-state index in [0.717, 1.165) is 30.4 Å². The van der Waals surface area contributed by atoms with Gasteiger partial charge in [0, 0.05) is 36.4 Å². The largest absolute Gasteiger partial charge is 0.493 e. The fourth-order valence-corrected chi connectivity index (χ4v) is 11.4. The van der Waals surface area contributed by atoms with Gasteiger partial charge in [0.2, 0.25) is 31.9 Å². The van der Waals surface area contributed by atoms with Crippen molar-refractivity contribution in [1.29, 1.82) is 0 Å². The molecule has 4 amide bonds. The number of likely N-dealkylation sites (tertiary alicyclic amines) is 1. The molecule has 376 valence electrons. The number of amides is 4. The number of hydrogen-bond donors (Lipinski definition) is 3. The number of allylic oxidation sites excluding steroid dienone is 1. The Morgan fingerprint density at radius 2 is 1.76 bits per heavy atom. The first-order valence-electron chi connectivity index (χ1n) is 23.5. The Bertz CT molecular complexity index is 2530. The smallest absolute Gasteiger partial charge is 0.437 e. The predicted molar refractivity (Wildman–Crippen MR) is 244 cm³/mol. The maximum Gasteiger partial charge on any atom is 0.437 e. The number of carbonyl (C=O) groups excluding carboxylic acids is 4. The highest BCUT2D eigenvalue weighted by molar-refractivity contribution is 7.91. The summed E-state index contributed by atoms with van der Waals surface area (Å²) in [5, 5.41) is 5.51. The van der Waals surface area contributed by atoms with Crippen LogP contribution in [0, 0.1) is 17.8 Å². The van der Waals surface area contributed by atoms with Crippen LogP contribution in [0.15, 0.2) is 30.4 Å². The summed E-state index contributed by atoms with van der Waals surface area (Å²) in [7, 11) is -7.45. The van der Waals surface area contributed by atoms with Crippen LogP contribution in [0.25, 0.3) is 10.9 Å². The molecule has 2 aromatic rings. The molecule has 4 heterocycles. The molecule has 0 bridgehead atoms. The molecule has 5 aliphatic rings. The van der Waals surface area contributed by atoms with Crippen molar-refractivity contribution in [3.8, 4) is 11.5 Å². The lowest BCUT2D eigenvalue weighted by atomic mass is 9.87. The van der Waals surface area contributed by atoms with Gasteiger partial charge in [0.15, 0.2) is 11.4 Å². The number of ether oxygens (including phenoxy) is 3. The Morgan fingerprint density at radius 3 is 2.41 bits per heavy atom. The highest BCUT2D eigenvalue weighted by Gasteiger charge is 2.64. The number of piperidine rings is 1. The predicted octanol–water partition coefficient (Wildman–Crippen LogP) is 5.36. The van der Waals surface area contributed by atoms with Crippen LogP contribution in [0.5, 0.6) is 11.5 Å². The van der Waals surface area contributed by atoms with Crippen molar-refractivity contribution in [1.82, 2.24) is 29.5 Å². The van der Waals surface area contributed by atoms with E-state index in [1.165, 1.54) is 23.4 Å². The fraction of sp³-hybridized carbons (Fsp3) is 0.674. The van der Waals surface area contributed by atoms with E-state index in [-0.39, 0.29) is 68.4 Å². The maximum absolute atomic E-state index is 15.0. The number of pyridine rings is 1. The van der Waals surface area contributed by atoms with Gasteiger partial charge in [-0.2, -0.15) is 13.2 Å². The lowest BCUT2D eigenvalue weighted by Gasteiger charge is -2.37. The molecule has 4 fully saturated rings. The van der Waals surface area contributed by atoms with Gasteiger partial charge in [0.1, 0.15) is 29.5 Å². The summed E-state index contributed by atoms with van der Waals surface area (Å²) < 4.78 is 116. The number of halogens is 3. The highest BCUT2D eigenvalue weighted by atomic mass is 32.2. The molecule has 1 spiro atoms. The van der Waals surface area contributed by atoms with Crippen molar-refractivity contribution in [3.63, 3.8) is 0 Å². The van der Waals surface area contributed by atoms with Crippen LogP contribution in [0.2, 0.25) is 0 Å². The summed E-state index contributed by atoms with van der Waals surface area (Å²) in [5.41, 5.74) is -4.33. The van der Waals surface area contributed by atoms with Crippen LogP contribution in [-0.2, 0) is 51.8 Å². The number of carbonyl (C=O) groups is 4. The van der Waals surface area contributed by atoms with E-state index < -0.39 is 95.9 Å². The van der Waals surface area contributed by atoms with Crippen LogP contribution in [-0.4, -0.2) is 122 Å². The van der Waals surface area contributed by atoms with E-state index in [0.29, 0.717) is 56.3 Å². The van der Waals surface area contributed by atoms with Gasteiger partial charge >= 0.3 is 12.3 Å². The topological polar surface area (TPSA) is 220 Å². The second-order valence-electron chi connectivity index (χ2n) is 19.8. The first kappa shape index (κ1) is 51.2. The minimum absolute atomic E-state index is 0.00879. The molecule has 3 aliphatic heterocycles. The minimum atomic E-state index is -4.99. The molecule has 0 unspecified atom stereocenters. The van der Waals surface area contributed by atoms with Gasteiger partial charge in [-0.3, -0.25) is 19.1 Å². The van der Waals surface area contributed by atoms with E-state index in [1.54, 1.807) is 12.1 Å². The molecular formula is C46H63F3N6O11S2. The Hall–Kier alpha value is -4.70. The van der Waals surface area contributed by atoms with Crippen molar-refractivity contribution >= 4 is 54.8 Å². The van der Waals surface area contributed by atoms with Crippen LogP contribution in [0.4, 0.5) is 18.0 Å². The molecule has 1 aromatic heterocycles. The number of hydrogen-bond acceptors (Lipinski definition) is 12. The third-order valence-electron chi connectivity index (χ3n) is 13.9. The Labute approximate surface area is 395 Å². The number of aromatic nitrogens is 1. The van der Waals surface area contributed by atoms with E-state index in [1.807, 2.05) is 19.9 Å². The molecule has 7 rings (SSSR count). The summed E-state index contributed by atoms with van der Waals surface area (Å²) in [5.74, 6) is -3.31. The Morgan fingerprint density at radius 1 is 1.04 bits per heavy atom. The summed E-state index contributed by atoms with van der Waals surface area (Å²) in [6, 6.07) is 3.12. The van der Waals surface area contributed by atoms with Crippen LogP contribution in [0.3, 0.4) is 0 Å². The molecule has 17 nitrogen and oxygen atoms in total. The number of alkyl halides is 3. The van der Waals surface area contributed by atoms with E-state index in [2.05, 4.69) is 27.3 Å². The first-order chi connectivity index (χ1) is 31.9. The summed E-state index contributed by atoms with van der Waals surface area (Å²) in [6.07, 6.45) is 4.12. The van der Waals surface area contributed by atoms with Gasteiger partial charge < -0.3 is 29.7 Å².